The zero-order valence-corrected chi connectivity index (χ0v) is 10.6. The number of halogens is 1. The first-order valence-electron chi connectivity index (χ1n) is 5.88. The number of benzene rings is 1. The van der Waals surface area contributed by atoms with E-state index in [2.05, 4.69) is 23.6 Å². The van der Waals surface area contributed by atoms with E-state index in [1.165, 1.54) is 0 Å². The molecule has 90 valence electrons. The summed E-state index contributed by atoms with van der Waals surface area (Å²) in [4.78, 5) is 0. The Balaban J connectivity index is 2.12. The van der Waals surface area contributed by atoms with Crippen molar-refractivity contribution < 1.29 is 0 Å². The summed E-state index contributed by atoms with van der Waals surface area (Å²) in [5.74, 6) is 0. The number of rotatable bonds is 2. The van der Waals surface area contributed by atoms with Crippen LogP contribution in [0.3, 0.4) is 0 Å². The number of nitriles is 1. The molecule has 1 aliphatic heterocycles. The quantitative estimate of drug-likeness (QED) is 0.847. The number of nitrogens with one attached hydrogen (secondary N) is 2. The Kier molecular flexibility index (Phi) is 3.88. The van der Waals surface area contributed by atoms with Crippen molar-refractivity contribution in [2.24, 2.45) is 0 Å². The normalized spacial score (nSPS) is 24.1. The molecule has 17 heavy (non-hydrogen) atoms. The smallest absolute Gasteiger partial charge is 0.101 e. The lowest BCUT2D eigenvalue weighted by molar-refractivity contribution is 0.396. The minimum Gasteiger partial charge on any atom is -0.381 e. The molecule has 2 rings (SSSR count). The van der Waals surface area contributed by atoms with E-state index in [9.17, 15) is 0 Å². The highest BCUT2D eigenvalue weighted by Gasteiger charge is 2.18. The Morgan fingerprint density at radius 2 is 2.35 bits per heavy atom. The molecule has 0 bridgehead atoms. The van der Waals surface area contributed by atoms with Crippen LogP contribution in [0.25, 0.3) is 0 Å². The Morgan fingerprint density at radius 3 is 3.06 bits per heavy atom. The third-order valence-electron chi connectivity index (χ3n) is 3.09. The molecule has 0 saturated carbocycles. The maximum atomic E-state index is 9.05. The molecule has 1 aliphatic rings. The molecule has 1 aromatic carbocycles. The van der Waals surface area contributed by atoms with Crippen molar-refractivity contribution in [3.05, 3.63) is 28.8 Å². The van der Waals surface area contributed by atoms with Gasteiger partial charge in [0.2, 0.25) is 0 Å². The van der Waals surface area contributed by atoms with Crippen molar-refractivity contribution in [3.63, 3.8) is 0 Å². The molecular weight excluding hydrogens is 234 g/mol. The van der Waals surface area contributed by atoms with Gasteiger partial charge in [0.05, 0.1) is 11.3 Å². The van der Waals surface area contributed by atoms with Gasteiger partial charge in [-0.05, 0) is 44.5 Å². The van der Waals surface area contributed by atoms with Crippen LogP contribution in [0.2, 0.25) is 5.02 Å². The lowest BCUT2D eigenvalue weighted by atomic mass is 10.00. The molecule has 0 spiro atoms. The molecule has 1 aromatic rings. The monoisotopic (exact) mass is 249 g/mol. The molecule has 0 aromatic heterocycles. The molecule has 3 nitrogen and oxygen atoms in total. The van der Waals surface area contributed by atoms with Gasteiger partial charge < -0.3 is 10.6 Å². The fourth-order valence-electron chi connectivity index (χ4n) is 2.22. The fraction of sp³-hybridized carbons (Fsp3) is 0.462. The highest BCUT2D eigenvalue weighted by Crippen LogP contribution is 2.23. The Hall–Kier alpha value is -1.24. The second kappa shape index (κ2) is 5.39. The molecule has 0 aliphatic carbocycles. The molecule has 2 atom stereocenters. The minimum absolute atomic E-state index is 0.414. The summed E-state index contributed by atoms with van der Waals surface area (Å²) >= 11 is 5.96. The van der Waals surface area contributed by atoms with Crippen molar-refractivity contribution in [3.8, 4) is 6.07 Å². The molecule has 1 saturated heterocycles. The second-order valence-electron chi connectivity index (χ2n) is 4.52. The van der Waals surface area contributed by atoms with E-state index < -0.39 is 0 Å². The van der Waals surface area contributed by atoms with Gasteiger partial charge in [0, 0.05) is 17.1 Å². The molecule has 2 unspecified atom stereocenters. The van der Waals surface area contributed by atoms with Gasteiger partial charge in [0.15, 0.2) is 0 Å². The number of hydrogen-bond donors (Lipinski definition) is 2. The van der Waals surface area contributed by atoms with Crippen LogP contribution in [-0.2, 0) is 0 Å². The van der Waals surface area contributed by atoms with Crippen LogP contribution >= 0.6 is 11.6 Å². The summed E-state index contributed by atoms with van der Waals surface area (Å²) in [5.41, 5.74) is 1.50. The first kappa shape index (κ1) is 12.2. The summed E-state index contributed by atoms with van der Waals surface area (Å²) in [6.45, 7) is 3.19. The Bertz CT molecular complexity index is 439. The van der Waals surface area contributed by atoms with Gasteiger partial charge >= 0.3 is 0 Å². The van der Waals surface area contributed by atoms with Gasteiger partial charge in [-0.3, -0.25) is 0 Å². The van der Waals surface area contributed by atoms with Crippen molar-refractivity contribution in [1.29, 1.82) is 5.26 Å². The van der Waals surface area contributed by atoms with Crippen LogP contribution in [0.1, 0.15) is 25.3 Å². The summed E-state index contributed by atoms with van der Waals surface area (Å²) in [7, 11) is 0. The van der Waals surface area contributed by atoms with Crippen LogP contribution in [-0.4, -0.2) is 18.6 Å². The van der Waals surface area contributed by atoms with Crippen LogP contribution in [0.5, 0.6) is 0 Å². The molecule has 2 N–H and O–H groups in total. The number of hydrogen-bond acceptors (Lipinski definition) is 3. The summed E-state index contributed by atoms with van der Waals surface area (Å²) < 4.78 is 0. The SMILES string of the molecule is CC1CC(Nc2cc(Cl)ccc2C#N)CCN1. The first-order chi connectivity index (χ1) is 8.19. The lowest BCUT2D eigenvalue weighted by Gasteiger charge is -2.29. The van der Waals surface area contributed by atoms with Crippen molar-refractivity contribution >= 4 is 17.3 Å². The maximum Gasteiger partial charge on any atom is 0.101 e. The van der Waals surface area contributed by atoms with Crippen molar-refractivity contribution in [1.82, 2.24) is 5.32 Å². The number of piperidine rings is 1. The van der Waals surface area contributed by atoms with Gasteiger partial charge in [-0.1, -0.05) is 11.6 Å². The summed E-state index contributed by atoms with van der Waals surface area (Å²) in [5, 5.41) is 16.5. The van der Waals surface area contributed by atoms with E-state index in [1.54, 1.807) is 12.1 Å². The van der Waals surface area contributed by atoms with E-state index in [0.717, 1.165) is 25.1 Å². The average Bonchev–Trinajstić information content (AvgIpc) is 2.29. The molecule has 1 heterocycles. The molecule has 0 radical (unpaired) electrons. The van der Waals surface area contributed by atoms with Gasteiger partial charge in [-0.2, -0.15) is 5.26 Å². The van der Waals surface area contributed by atoms with Gasteiger partial charge in [-0.15, -0.1) is 0 Å². The van der Waals surface area contributed by atoms with Crippen molar-refractivity contribution in [2.75, 3.05) is 11.9 Å². The molecular formula is C13H16ClN3. The summed E-state index contributed by atoms with van der Waals surface area (Å²) in [6.07, 6.45) is 2.14. The van der Waals surface area contributed by atoms with E-state index in [1.807, 2.05) is 6.07 Å². The van der Waals surface area contributed by atoms with Crippen LogP contribution in [0.15, 0.2) is 18.2 Å². The highest BCUT2D eigenvalue weighted by atomic mass is 35.5. The molecule has 4 heteroatoms. The van der Waals surface area contributed by atoms with Gasteiger partial charge in [-0.25, -0.2) is 0 Å². The largest absolute Gasteiger partial charge is 0.381 e. The fourth-order valence-corrected chi connectivity index (χ4v) is 2.39. The third-order valence-corrected chi connectivity index (χ3v) is 3.32. The van der Waals surface area contributed by atoms with Crippen LogP contribution in [0.4, 0.5) is 5.69 Å². The highest BCUT2D eigenvalue weighted by molar-refractivity contribution is 6.30. The Morgan fingerprint density at radius 1 is 1.53 bits per heavy atom. The third kappa shape index (κ3) is 3.12. The zero-order chi connectivity index (χ0) is 12.3. The van der Waals surface area contributed by atoms with Gasteiger partial charge in [0.1, 0.15) is 6.07 Å². The van der Waals surface area contributed by atoms with Crippen molar-refractivity contribution in [2.45, 2.75) is 31.8 Å². The minimum atomic E-state index is 0.414. The standard InChI is InChI=1S/C13H16ClN3/c1-9-6-12(4-5-16-9)17-13-7-11(14)3-2-10(13)8-15/h2-3,7,9,12,16-17H,4-6H2,1H3. The second-order valence-corrected chi connectivity index (χ2v) is 4.96. The number of anilines is 1. The van der Waals surface area contributed by atoms with E-state index >= 15 is 0 Å². The predicted octanol–water partition coefficient (Wildman–Crippen LogP) is 2.76. The van der Waals surface area contributed by atoms with Crippen LogP contribution in [0, 0.1) is 11.3 Å². The van der Waals surface area contributed by atoms with Crippen LogP contribution < -0.4 is 10.6 Å². The lowest BCUT2D eigenvalue weighted by Crippen LogP contribution is -2.41. The van der Waals surface area contributed by atoms with E-state index in [4.69, 9.17) is 16.9 Å². The average molecular weight is 250 g/mol. The number of nitrogens with zero attached hydrogens (tertiary/aromatic N) is 1. The maximum absolute atomic E-state index is 9.05. The topological polar surface area (TPSA) is 47.9 Å². The van der Waals surface area contributed by atoms with E-state index in [-0.39, 0.29) is 0 Å². The first-order valence-corrected chi connectivity index (χ1v) is 6.26. The Labute approximate surface area is 107 Å². The predicted molar refractivity (Wildman–Crippen MR) is 70.3 cm³/mol. The summed E-state index contributed by atoms with van der Waals surface area (Å²) in [6, 6.07) is 8.45. The molecule has 1 fully saturated rings. The van der Waals surface area contributed by atoms with E-state index in [0.29, 0.717) is 22.7 Å². The van der Waals surface area contributed by atoms with Gasteiger partial charge in [0.25, 0.3) is 0 Å². The molecule has 0 amide bonds. The zero-order valence-electron chi connectivity index (χ0n) is 9.83.